The highest BCUT2D eigenvalue weighted by atomic mass is 16.2. The van der Waals surface area contributed by atoms with Gasteiger partial charge in [0.2, 0.25) is 11.8 Å². The second-order valence-electron chi connectivity index (χ2n) is 5.53. The van der Waals surface area contributed by atoms with Crippen molar-refractivity contribution in [2.75, 3.05) is 13.1 Å². The second-order valence-corrected chi connectivity index (χ2v) is 5.53. The summed E-state index contributed by atoms with van der Waals surface area (Å²) in [6.45, 7) is 4.80. The summed E-state index contributed by atoms with van der Waals surface area (Å²) >= 11 is 0. The topological polar surface area (TPSA) is 87.2 Å². The fourth-order valence-corrected chi connectivity index (χ4v) is 1.96. The molecule has 0 atom stereocenters. The van der Waals surface area contributed by atoms with E-state index >= 15 is 0 Å². The van der Waals surface area contributed by atoms with Gasteiger partial charge < -0.3 is 10.6 Å². The van der Waals surface area contributed by atoms with Crippen LogP contribution >= 0.6 is 0 Å². The number of likely N-dealkylation sites (tertiary alicyclic amines) is 1. The van der Waals surface area contributed by atoms with Gasteiger partial charge in [-0.15, -0.1) is 0 Å². The fourth-order valence-electron chi connectivity index (χ4n) is 1.96. The number of nitrogens with two attached hydrogens (primary N) is 1. The standard InChI is InChI=1S/C13H21N3O2/c1-13(2,12(15)18)6-3-11(17)16-7-4-10(9-14)5-8-16/h10H,3-8H2,1-2H3,(H2,15,18). The van der Waals surface area contributed by atoms with Crippen LogP contribution in [0.5, 0.6) is 0 Å². The maximum absolute atomic E-state index is 12.0. The second kappa shape index (κ2) is 5.85. The molecule has 5 heteroatoms. The highest BCUT2D eigenvalue weighted by Crippen LogP contribution is 2.23. The fraction of sp³-hybridized carbons (Fsp3) is 0.769. The molecule has 0 aliphatic carbocycles. The van der Waals surface area contributed by atoms with Crippen molar-refractivity contribution in [2.24, 2.45) is 17.1 Å². The highest BCUT2D eigenvalue weighted by molar-refractivity contribution is 5.81. The van der Waals surface area contributed by atoms with Gasteiger partial charge in [0.25, 0.3) is 0 Å². The lowest BCUT2D eigenvalue weighted by atomic mass is 9.86. The Morgan fingerprint density at radius 3 is 2.39 bits per heavy atom. The third-order valence-electron chi connectivity index (χ3n) is 3.66. The van der Waals surface area contributed by atoms with E-state index in [2.05, 4.69) is 6.07 Å². The Labute approximate surface area is 108 Å². The maximum Gasteiger partial charge on any atom is 0.223 e. The van der Waals surface area contributed by atoms with Crippen molar-refractivity contribution < 1.29 is 9.59 Å². The number of amides is 2. The first-order chi connectivity index (χ1) is 8.36. The molecule has 1 rings (SSSR count). The summed E-state index contributed by atoms with van der Waals surface area (Å²) in [4.78, 5) is 24.9. The lowest BCUT2D eigenvalue weighted by molar-refractivity contribution is -0.133. The Balaban J connectivity index is 2.39. The lowest BCUT2D eigenvalue weighted by Gasteiger charge is -2.30. The number of rotatable bonds is 4. The molecular formula is C13H21N3O2. The number of hydrogen-bond donors (Lipinski definition) is 1. The molecule has 2 amide bonds. The first kappa shape index (κ1) is 14.5. The molecular weight excluding hydrogens is 230 g/mol. The molecule has 0 radical (unpaired) electrons. The van der Waals surface area contributed by atoms with E-state index < -0.39 is 5.41 Å². The normalized spacial score (nSPS) is 17.3. The van der Waals surface area contributed by atoms with Gasteiger partial charge in [-0.25, -0.2) is 0 Å². The zero-order chi connectivity index (χ0) is 13.8. The molecule has 5 nitrogen and oxygen atoms in total. The molecule has 1 saturated heterocycles. The van der Waals surface area contributed by atoms with E-state index in [1.54, 1.807) is 18.7 Å². The summed E-state index contributed by atoms with van der Waals surface area (Å²) in [5.74, 6) is -0.240. The summed E-state index contributed by atoms with van der Waals surface area (Å²) < 4.78 is 0. The Kier molecular flexibility index (Phi) is 4.71. The monoisotopic (exact) mass is 251 g/mol. The van der Waals surface area contributed by atoms with Crippen LogP contribution < -0.4 is 5.73 Å². The van der Waals surface area contributed by atoms with Crippen LogP contribution in [-0.4, -0.2) is 29.8 Å². The third kappa shape index (κ3) is 3.73. The smallest absolute Gasteiger partial charge is 0.223 e. The number of nitrogens with zero attached hydrogens (tertiary/aromatic N) is 2. The summed E-state index contributed by atoms with van der Waals surface area (Å²) in [6, 6.07) is 2.24. The Bertz CT molecular complexity index is 363. The molecule has 0 saturated carbocycles. The third-order valence-corrected chi connectivity index (χ3v) is 3.66. The number of piperidine rings is 1. The minimum atomic E-state index is -0.638. The average molecular weight is 251 g/mol. The predicted octanol–water partition coefficient (Wildman–Crippen LogP) is 1.04. The van der Waals surface area contributed by atoms with Crippen molar-refractivity contribution in [3.05, 3.63) is 0 Å². The number of primary amides is 1. The quantitative estimate of drug-likeness (QED) is 0.809. The number of nitriles is 1. The van der Waals surface area contributed by atoms with E-state index in [0.29, 0.717) is 25.9 Å². The SMILES string of the molecule is CC(C)(CCC(=O)N1CCC(C#N)CC1)C(N)=O. The van der Waals surface area contributed by atoms with Crippen molar-refractivity contribution in [3.63, 3.8) is 0 Å². The zero-order valence-corrected chi connectivity index (χ0v) is 11.1. The van der Waals surface area contributed by atoms with E-state index in [1.807, 2.05) is 0 Å². The van der Waals surface area contributed by atoms with Crippen molar-refractivity contribution in [2.45, 2.75) is 39.5 Å². The molecule has 0 aromatic heterocycles. The first-order valence-corrected chi connectivity index (χ1v) is 6.34. The van der Waals surface area contributed by atoms with Crippen LogP contribution in [0.15, 0.2) is 0 Å². The van der Waals surface area contributed by atoms with Gasteiger partial charge in [0, 0.05) is 30.8 Å². The Morgan fingerprint density at radius 2 is 1.94 bits per heavy atom. The Morgan fingerprint density at radius 1 is 1.39 bits per heavy atom. The van der Waals surface area contributed by atoms with Gasteiger partial charge in [-0.1, -0.05) is 13.8 Å². The van der Waals surface area contributed by atoms with Gasteiger partial charge >= 0.3 is 0 Å². The van der Waals surface area contributed by atoms with Crippen molar-refractivity contribution in [1.82, 2.24) is 4.90 Å². The van der Waals surface area contributed by atoms with Crippen molar-refractivity contribution in [3.8, 4) is 6.07 Å². The van der Waals surface area contributed by atoms with Crippen LogP contribution in [0, 0.1) is 22.7 Å². The summed E-state index contributed by atoms with van der Waals surface area (Å²) in [5, 5.41) is 8.78. The molecule has 1 fully saturated rings. The van der Waals surface area contributed by atoms with Crippen LogP contribution in [0.3, 0.4) is 0 Å². The zero-order valence-electron chi connectivity index (χ0n) is 11.1. The number of carbonyl (C=O) groups is 2. The molecule has 1 heterocycles. The van der Waals surface area contributed by atoms with E-state index in [9.17, 15) is 9.59 Å². The largest absolute Gasteiger partial charge is 0.369 e. The summed E-state index contributed by atoms with van der Waals surface area (Å²) in [7, 11) is 0. The first-order valence-electron chi connectivity index (χ1n) is 6.34. The van der Waals surface area contributed by atoms with Gasteiger partial charge in [0.05, 0.1) is 6.07 Å². The molecule has 2 N–H and O–H groups in total. The minimum absolute atomic E-state index is 0.0562. The van der Waals surface area contributed by atoms with Gasteiger partial charge in [0.15, 0.2) is 0 Å². The molecule has 0 spiro atoms. The maximum atomic E-state index is 12.0. The molecule has 0 aromatic carbocycles. The van der Waals surface area contributed by atoms with E-state index in [0.717, 1.165) is 12.8 Å². The van der Waals surface area contributed by atoms with Crippen molar-refractivity contribution in [1.29, 1.82) is 5.26 Å². The van der Waals surface area contributed by atoms with Gasteiger partial charge in [-0.05, 0) is 19.3 Å². The number of hydrogen-bond acceptors (Lipinski definition) is 3. The molecule has 0 unspecified atom stereocenters. The number of carbonyl (C=O) groups excluding carboxylic acids is 2. The average Bonchev–Trinajstić information content (AvgIpc) is 2.36. The predicted molar refractivity (Wildman–Crippen MR) is 67.1 cm³/mol. The van der Waals surface area contributed by atoms with Crippen LogP contribution in [0.1, 0.15) is 39.5 Å². The van der Waals surface area contributed by atoms with Crippen molar-refractivity contribution >= 4 is 11.8 Å². The van der Waals surface area contributed by atoms with Gasteiger partial charge in [0.1, 0.15) is 0 Å². The minimum Gasteiger partial charge on any atom is -0.369 e. The van der Waals surface area contributed by atoms with Crippen LogP contribution in [0.25, 0.3) is 0 Å². The Hall–Kier alpha value is -1.57. The molecule has 1 aliphatic rings. The summed E-state index contributed by atoms with van der Waals surface area (Å²) in [5.41, 5.74) is 4.63. The van der Waals surface area contributed by atoms with Crippen LogP contribution in [0.2, 0.25) is 0 Å². The molecule has 0 aromatic rings. The molecule has 18 heavy (non-hydrogen) atoms. The van der Waals surface area contributed by atoms with E-state index in [4.69, 9.17) is 11.0 Å². The molecule has 1 aliphatic heterocycles. The van der Waals surface area contributed by atoms with Gasteiger partial charge in [-0.2, -0.15) is 5.26 Å². The molecule has 100 valence electrons. The molecule has 0 bridgehead atoms. The summed E-state index contributed by atoms with van der Waals surface area (Å²) in [6.07, 6.45) is 2.31. The van der Waals surface area contributed by atoms with E-state index in [1.165, 1.54) is 0 Å². The van der Waals surface area contributed by atoms with Gasteiger partial charge in [-0.3, -0.25) is 9.59 Å². The highest BCUT2D eigenvalue weighted by Gasteiger charge is 2.28. The van der Waals surface area contributed by atoms with E-state index in [-0.39, 0.29) is 17.7 Å². The van der Waals surface area contributed by atoms with Crippen LogP contribution in [-0.2, 0) is 9.59 Å². The van der Waals surface area contributed by atoms with Crippen LogP contribution in [0.4, 0.5) is 0 Å². The lowest BCUT2D eigenvalue weighted by Crippen LogP contribution is -2.39.